The Balaban J connectivity index is 2.19. The number of ether oxygens (including phenoxy) is 1. The standard InChI is InChI=1S/C13H17ClO/c14-10-4-8-13(9-5-11-15-13)12-6-2-1-3-7-12/h1-3,6-7H,4-5,8-11H2. The van der Waals surface area contributed by atoms with Crippen LogP contribution in [0.5, 0.6) is 0 Å². The lowest BCUT2D eigenvalue weighted by Crippen LogP contribution is -2.24. The summed E-state index contributed by atoms with van der Waals surface area (Å²) in [5, 5.41) is 0. The summed E-state index contributed by atoms with van der Waals surface area (Å²) < 4.78 is 5.97. The van der Waals surface area contributed by atoms with Crippen LogP contribution >= 0.6 is 11.6 Å². The van der Waals surface area contributed by atoms with Gasteiger partial charge < -0.3 is 4.74 Å². The Bertz CT molecular complexity index is 291. The molecule has 1 atom stereocenters. The smallest absolute Gasteiger partial charge is 0.0932 e. The minimum atomic E-state index is -0.0455. The molecular weight excluding hydrogens is 208 g/mol. The lowest BCUT2D eigenvalue weighted by molar-refractivity contribution is -0.00754. The van der Waals surface area contributed by atoms with Gasteiger partial charge in [0.25, 0.3) is 0 Å². The normalized spacial score (nSPS) is 25.7. The summed E-state index contributed by atoms with van der Waals surface area (Å²) in [5.41, 5.74) is 1.27. The summed E-state index contributed by atoms with van der Waals surface area (Å²) in [4.78, 5) is 0. The molecule has 0 amide bonds. The molecule has 1 aliphatic rings. The zero-order valence-electron chi connectivity index (χ0n) is 8.92. The lowest BCUT2D eigenvalue weighted by Gasteiger charge is -2.28. The Morgan fingerprint density at radius 3 is 2.67 bits per heavy atom. The average Bonchev–Trinajstić information content (AvgIpc) is 2.78. The van der Waals surface area contributed by atoms with E-state index in [4.69, 9.17) is 16.3 Å². The molecule has 2 heteroatoms. The van der Waals surface area contributed by atoms with Gasteiger partial charge >= 0.3 is 0 Å². The molecule has 1 aromatic carbocycles. The first-order chi connectivity index (χ1) is 7.37. The molecule has 15 heavy (non-hydrogen) atoms. The van der Waals surface area contributed by atoms with Gasteiger partial charge in [-0.1, -0.05) is 30.3 Å². The van der Waals surface area contributed by atoms with Crippen molar-refractivity contribution in [2.75, 3.05) is 12.5 Å². The fourth-order valence-electron chi connectivity index (χ4n) is 2.36. The molecule has 0 bridgehead atoms. The number of alkyl halides is 1. The van der Waals surface area contributed by atoms with Gasteiger partial charge in [-0.15, -0.1) is 11.6 Å². The van der Waals surface area contributed by atoms with Crippen molar-refractivity contribution < 1.29 is 4.74 Å². The second-order valence-corrected chi connectivity index (χ2v) is 4.48. The molecule has 2 rings (SSSR count). The van der Waals surface area contributed by atoms with E-state index in [1.54, 1.807) is 0 Å². The summed E-state index contributed by atoms with van der Waals surface area (Å²) in [6.45, 7) is 0.886. The van der Waals surface area contributed by atoms with Crippen LogP contribution in [0.1, 0.15) is 31.2 Å². The molecule has 0 N–H and O–H groups in total. The first-order valence-electron chi connectivity index (χ1n) is 5.63. The maximum atomic E-state index is 5.97. The van der Waals surface area contributed by atoms with Gasteiger partial charge in [-0.3, -0.25) is 0 Å². The minimum Gasteiger partial charge on any atom is -0.370 e. The third-order valence-corrected chi connectivity index (χ3v) is 3.38. The molecule has 1 nitrogen and oxygen atoms in total. The second-order valence-electron chi connectivity index (χ2n) is 4.10. The molecule has 0 aliphatic carbocycles. The van der Waals surface area contributed by atoms with Gasteiger partial charge in [-0.05, 0) is 31.2 Å². The quantitative estimate of drug-likeness (QED) is 0.709. The summed E-state index contributed by atoms with van der Waals surface area (Å²) in [6.07, 6.45) is 4.36. The number of halogens is 1. The molecule has 0 radical (unpaired) electrons. The average molecular weight is 225 g/mol. The van der Waals surface area contributed by atoms with E-state index in [0.29, 0.717) is 0 Å². The molecular formula is C13H17ClO. The van der Waals surface area contributed by atoms with Crippen molar-refractivity contribution in [2.45, 2.75) is 31.3 Å². The Hall–Kier alpha value is -0.530. The molecule has 1 aromatic rings. The van der Waals surface area contributed by atoms with Gasteiger partial charge in [-0.2, -0.15) is 0 Å². The van der Waals surface area contributed by atoms with Gasteiger partial charge in [-0.25, -0.2) is 0 Å². The van der Waals surface area contributed by atoms with E-state index in [9.17, 15) is 0 Å². The molecule has 1 unspecified atom stereocenters. The predicted octanol–water partition coefficient (Wildman–Crippen LogP) is 3.71. The van der Waals surface area contributed by atoms with Crippen molar-refractivity contribution in [1.82, 2.24) is 0 Å². The highest BCUT2D eigenvalue weighted by Gasteiger charge is 2.35. The van der Waals surface area contributed by atoms with Gasteiger partial charge in [0, 0.05) is 12.5 Å². The maximum absolute atomic E-state index is 5.97. The van der Waals surface area contributed by atoms with Gasteiger partial charge in [0.15, 0.2) is 0 Å². The van der Waals surface area contributed by atoms with Gasteiger partial charge in [0.2, 0.25) is 0 Å². The molecule has 0 aromatic heterocycles. The first kappa shape index (κ1) is 11.0. The molecule has 1 saturated heterocycles. The first-order valence-corrected chi connectivity index (χ1v) is 6.16. The summed E-state index contributed by atoms with van der Waals surface area (Å²) in [5.74, 6) is 0.720. The van der Waals surface area contributed by atoms with Crippen LogP contribution in [0.15, 0.2) is 30.3 Å². The van der Waals surface area contributed by atoms with Crippen molar-refractivity contribution in [3.8, 4) is 0 Å². The predicted molar refractivity (Wildman–Crippen MR) is 63.3 cm³/mol. The van der Waals surface area contributed by atoms with Crippen LogP contribution in [0.25, 0.3) is 0 Å². The molecule has 1 heterocycles. The van der Waals surface area contributed by atoms with E-state index in [-0.39, 0.29) is 5.60 Å². The topological polar surface area (TPSA) is 9.23 Å². The van der Waals surface area contributed by atoms with Crippen LogP contribution in [-0.2, 0) is 10.3 Å². The maximum Gasteiger partial charge on any atom is 0.0932 e. The number of rotatable bonds is 4. The summed E-state index contributed by atoms with van der Waals surface area (Å²) in [7, 11) is 0. The Labute approximate surface area is 96.4 Å². The van der Waals surface area contributed by atoms with Crippen molar-refractivity contribution in [3.63, 3.8) is 0 Å². The lowest BCUT2D eigenvalue weighted by atomic mass is 9.87. The van der Waals surface area contributed by atoms with Crippen LogP contribution in [-0.4, -0.2) is 12.5 Å². The Kier molecular flexibility index (Phi) is 3.66. The van der Waals surface area contributed by atoms with E-state index < -0.39 is 0 Å². The molecule has 82 valence electrons. The monoisotopic (exact) mass is 224 g/mol. The van der Waals surface area contributed by atoms with E-state index in [0.717, 1.165) is 38.2 Å². The van der Waals surface area contributed by atoms with Crippen LogP contribution in [0.4, 0.5) is 0 Å². The third-order valence-electron chi connectivity index (χ3n) is 3.12. The van der Waals surface area contributed by atoms with Gasteiger partial charge in [0.1, 0.15) is 0 Å². The number of hydrogen-bond donors (Lipinski definition) is 0. The van der Waals surface area contributed by atoms with E-state index in [1.165, 1.54) is 5.56 Å². The highest BCUT2D eigenvalue weighted by atomic mass is 35.5. The minimum absolute atomic E-state index is 0.0455. The highest BCUT2D eigenvalue weighted by molar-refractivity contribution is 6.17. The van der Waals surface area contributed by atoms with Gasteiger partial charge in [0.05, 0.1) is 5.60 Å². The fourth-order valence-corrected chi connectivity index (χ4v) is 2.49. The van der Waals surface area contributed by atoms with E-state index in [1.807, 2.05) is 6.07 Å². The zero-order chi connectivity index (χ0) is 10.6. The Morgan fingerprint density at radius 2 is 2.07 bits per heavy atom. The Morgan fingerprint density at radius 1 is 1.27 bits per heavy atom. The molecule has 1 aliphatic heterocycles. The summed E-state index contributed by atoms with van der Waals surface area (Å²) >= 11 is 5.77. The fraction of sp³-hybridized carbons (Fsp3) is 0.538. The van der Waals surface area contributed by atoms with Crippen molar-refractivity contribution in [3.05, 3.63) is 35.9 Å². The zero-order valence-corrected chi connectivity index (χ0v) is 9.67. The van der Waals surface area contributed by atoms with Crippen LogP contribution in [0, 0.1) is 0 Å². The largest absolute Gasteiger partial charge is 0.370 e. The van der Waals surface area contributed by atoms with Crippen molar-refractivity contribution >= 4 is 11.6 Å². The number of benzene rings is 1. The molecule has 1 fully saturated rings. The van der Waals surface area contributed by atoms with E-state index in [2.05, 4.69) is 24.3 Å². The van der Waals surface area contributed by atoms with Crippen LogP contribution < -0.4 is 0 Å². The van der Waals surface area contributed by atoms with Crippen LogP contribution in [0.2, 0.25) is 0 Å². The SMILES string of the molecule is ClCCCC1(c2ccccc2)CCCO1. The third kappa shape index (κ3) is 2.35. The second kappa shape index (κ2) is 5.00. The summed E-state index contributed by atoms with van der Waals surface area (Å²) in [6, 6.07) is 10.5. The highest BCUT2D eigenvalue weighted by Crippen LogP contribution is 2.39. The molecule has 0 spiro atoms. The molecule has 0 saturated carbocycles. The van der Waals surface area contributed by atoms with Crippen molar-refractivity contribution in [2.24, 2.45) is 0 Å². The number of hydrogen-bond acceptors (Lipinski definition) is 1. The van der Waals surface area contributed by atoms with Crippen LogP contribution in [0.3, 0.4) is 0 Å². The van der Waals surface area contributed by atoms with Crippen molar-refractivity contribution in [1.29, 1.82) is 0 Å². The van der Waals surface area contributed by atoms with E-state index >= 15 is 0 Å².